The van der Waals surface area contributed by atoms with Crippen LogP contribution in [0.15, 0.2) is 16.8 Å². The standard InChI is InChI=1S/C5H2N4S/c6-1-4-2-8-5(9-10)3-7-4/h2-3H. The van der Waals surface area contributed by atoms with Crippen LogP contribution in [-0.2, 0) is 12.4 Å². The summed E-state index contributed by atoms with van der Waals surface area (Å²) in [4.78, 5) is 7.40. The molecule has 1 rings (SSSR count). The predicted octanol–water partition coefficient (Wildman–Crippen LogP) is 0.710. The van der Waals surface area contributed by atoms with E-state index in [1.807, 2.05) is 6.07 Å². The molecule has 0 aliphatic carbocycles. The lowest BCUT2D eigenvalue weighted by Gasteiger charge is -1.86. The van der Waals surface area contributed by atoms with Crippen LogP contribution >= 0.6 is 0 Å². The van der Waals surface area contributed by atoms with Gasteiger partial charge in [-0.2, -0.15) is 9.62 Å². The Bertz CT molecular complexity index is 273. The van der Waals surface area contributed by atoms with Gasteiger partial charge in [0.05, 0.1) is 12.4 Å². The minimum absolute atomic E-state index is 0.266. The quantitative estimate of drug-likeness (QED) is 0.591. The van der Waals surface area contributed by atoms with Crippen LogP contribution in [0.25, 0.3) is 0 Å². The van der Waals surface area contributed by atoms with Crippen LogP contribution in [0.2, 0.25) is 0 Å². The lowest BCUT2D eigenvalue weighted by molar-refractivity contribution is 1.15. The Morgan fingerprint density at radius 3 is 2.70 bits per heavy atom. The Morgan fingerprint density at radius 1 is 1.50 bits per heavy atom. The zero-order valence-corrected chi connectivity index (χ0v) is 5.67. The number of nitriles is 1. The molecule has 0 aliphatic heterocycles. The molecule has 0 amide bonds. The van der Waals surface area contributed by atoms with Gasteiger partial charge in [-0.05, 0) is 0 Å². The summed E-state index contributed by atoms with van der Waals surface area (Å²) >= 11 is 4.34. The molecule has 10 heavy (non-hydrogen) atoms. The van der Waals surface area contributed by atoms with Crippen LogP contribution in [-0.4, -0.2) is 9.97 Å². The van der Waals surface area contributed by atoms with Crippen LogP contribution in [0.4, 0.5) is 5.82 Å². The molecule has 0 N–H and O–H groups in total. The van der Waals surface area contributed by atoms with Gasteiger partial charge >= 0.3 is 0 Å². The van der Waals surface area contributed by atoms with Crippen LogP contribution in [0.1, 0.15) is 5.69 Å². The van der Waals surface area contributed by atoms with Gasteiger partial charge in [0.15, 0.2) is 11.5 Å². The highest BCUT2D eigenvalue weighted by Crippen LogP contribution is 2.02. The second kappa shape index (κ2) is 2.94. The number of hydrogen-bond acceptors (Lipinski definition) is 5. The second-order valence-corrected chi connectivity index (χ2v) is 1.65. The molecule has 0 saturated heterocycles. The van der Waals surface area contributed by atoms with Gasteiger partial charge in [0.1, 0.15) is 6.07 Å². The monoisotopic (exact) mass is 150 g/mol. The van der Waals surface area contributed by atoms with Gasteiger partial charge in [0, 0.05) is 12.4 Å². The van der Waals surface area contributed by atoms with Crippen LogP contribution in [0.5, 0.6) is 0 Å². The number of rotatable bonds is 1. The Kier molecular flexibility index (Phi) is 1.97. The summed E-state index contributed by atoms with van der Waals surface area (Å²) in [5.74, 6) is 0.356. The van der Waals surface area contributed by atoms with Gasteiger partial charge < -0.3 is 0 Å². The molecule has 5 heteroatoms. The average molecular weight is 150 g/mol. The first-order valence-electron chi connectivity index (χ1n) is 2.42. The maximum atomic E-state index is 8.29. The zero-order valence-electron chi connectivity index (χ0n) is 4.85. The first-order valence-corrected chi connectivity index (χ1v) is 2.79. The van der Waals surface area contributed by atoms with Gasteiger partial charge in [0.2, 0.25) is 0 Å². The van der Waals surface area contributed by atoms with Crippen LogP contribution in [0, 0.1) is 11.3 Å². The molecule has 0 saturated carbocycles. The van der Waals surface area contributed by atoms with Gasteiger partial charge in [-0.1, -0.05) is 0 Å². The highest BCUT2D eigenvalue weighted by molar-refractivity contribution is 7.47. The van der Waals surface area contributed by atoms with Crippen molar-refractivity contribution in [2.45, 2.75) is 0 Å². The molecule has 0 fully saturated rings. The Hall–Kier alpha value is -1.41. The summed E-state index contributed by atoms with van der Waals surface area (Å²) in [5.41, 5.74) is 0.266. The summed E-state index contributed by atoms with van der Waals surface area (Å²) in [6.45, 7) is 0. The number of hydrogen-bond donors (Lipinski definition) is 0. The van der Waals surface area contributed by atoms with Crippen molar-refractivity contribution in [3.63, 3.8) is 0 Å². The molecule has 0 spiro atoms. The van der Waals surface area contributed by atoms with Gasteiger partial charge in [0.25, 0.3) is 0 Å². The minimum atomic E-state index is 0.266. The summed E-state index contributed by atoms with van der Waals surface area (Å²) in [5, 5.41) is 8.29. The maximum absolute atomic E-state index is 8.29. The van der Waals surface area contributed by atoms with Crippen molar-refractivity contribution in [1.82, 2.24) is 9.97 Å². The summed E-state index contributed by atoms with van der Waals surface area (Å²) in [6, 6.07) is 1.83. The predicted molar refractivity (Wildman–Crippen MR) is 36.2 cm³/mol. The van der Waals surface area contributed by atoms with Gasteiger partial charge in [-0.3, -0.25) is 0 Å². The topological polar surface area (TPSA) is 61.9 Å². The third-order valence-electron chi connectivity index (χ3n) is 0.846. The zero-order chi connectivity index (χ0) is 7.40. The highest BCUT2D eigenvalue weighted by Gasteiger charge is 1.91. The fraction of sp³-hybridized carbons (Fsp3) is 0. The molecule has 0 unspecified atom stereocenters. The summed E-state index contributed by atoms with van der Waals surface area (Å²) < 4.78 is 3.35. The highest BCUT2D eigenvalue weighted by atomic mass is 32.1. The van der Waals surface area contributed by atoms with E-state index < -0.39 is 0 Å². The first kappa shape index (κ1) is 6.71. The van der Waals surface area contributed by atoms with E-state index in [9.17, 15) is 0 Å². The second-order valence-electron chi connectivity index (χ2n) is 1.46. The first-order chi connectivity index (χ1) is 4.86. The van der Waals surface area contributed by atoms with E-state index in [-0.39, 0.29) is 5.69 Å². The van der Waals surface area contributed by atoms with Crippen molar-refractivity contribution in [2.75, 3.05) is 0 Å². The maximum Gasteiger partial charge on any atom is 0.184 e. The van der Waals surface area contributed by atoms with E-state index in [1.165, 1.54) is 12.4 Å². The SMILES string of the molecule is N#Cc1cnc(N=S)cn1. The van der Waals surface area contributed by atoms with E-state index >= 15 is 0 Å². The minimum Gasteiger partial charge on any atom is -0.240 e. The average Bonchev–Trinajstić information content (AvgIpc) is 2.05. The summed E-state index contributed by atoms with van der Waals surface area (Å²) in [7, 11) is 0. The molecule has 4 nitrogen and oxygen atoms in total. The Morgan fingerprint density at radius 2 is 2.30 bits per heavy atom. The van der Waals surface area contributed by atoms with E-state index in [2.05, 4.69) is 26.8 Å². The number of aromatic nitrogens is 2. The van der Waals surface area contributed by atoms with E-state index in [0.717, 1.165) is 0 Å². The van der Waals surface area contributed by atoms with E-state index in [0.29, 0.717) is 5.82 Å². The van der Waals surface area contributed by atoms with Crippen LogP contribution in [0.3, 0.4) is 0 Å². The van der Waals surface area contributed by atoms with Crippen molar-refractivity contribution in [1.29, 1.82) is 5.26 Å². The van der Waals surface area contributed by atoms with E-state index in [4.69, 9.17) is 5.26 Å². The molecule has 1 aromatic rings. The largest absolute Gasteiger partial charge is 0.240 e. The third kappa shape index (κ3) is 1.30. The van der Waals surface area contributed by atoms with Crippen molar-refractivity contribution >= 4 is 18.2 Å². The molecule has 0 aromatic carbocycles. The summed E-state index contributed by atoms with van der Waals surface area (Å²) in [6.07, 6.45) is 2.68. The van der Waals surface area contributed by atoms with Crippen molar-refractivity contribution in [3.05, 3.63) is 18.1 Å². The molecule has 0 radical (unpaired) electrons. The normalized spacial score (nSPS) is 8.30. The lowest BCUT2D eigenvalue weighted by atomic mass is 10.5. The smallest absolute Gasteiger partial charge is 0.184 e. The van der Waals surface area contributed by atoms with E-state index in [1.54, 1.807) is 0 Å². The molecule has 1 heterocycles. The molecule has 48 valence electrons. The molecule has 0 aliphatic rings. The number of nitrogens with zero attached hydrogens (tertiary/aromatic N) is 4. The molecule has 1 aromatic heterocycles. The lowest BCUT2D eigenvalue weighted by Crippen LogP contribution is -1.82. The van der Waals surface area contributed by atoms with Gasteiger partial charge in [-0.25, -0.2) is 9.97 Å². The Balaban J connectivity index is 3.04. The van der Waals surface area contributed by atoms with Crippen molar-refractivity contribution < 1.29 is 0 Å². The fourth-order valence-electron chi connectivity index (χ4n) is 0.426. The molecular formula is C5H2N4S. The van der Waals surface area contributed by atoms with Gasteiger partial charge in [-0.15, -0.1) is 0 Å². The Labute approximate surface area is 62.7 Å². The molecular weight excluding hydrogens is 148 g/mol. The molecule has 0 atom stereocenters. The van der Waals surface area contributed by atoms with Crippen LogP contribution < -0.4 is 0 Å². The van der Waals surface area contributed by atoms with Crippen molar-refractivity contribution in [2.24, 2.45) is 4.36 Å². The fourth-order valence-corrected chi connectivity index (χ4v) is 0.520. The van der Waals surface area contributed by atoms with Crippen molar-refractivity contribution in [3.8, 4) is 6.07 Å². The third-order valence-corrected chi connectivity index (χ3v) is 1.03. The molecule has 0 bridgehead atoms.